The van der Waals surface area contributed by atoms with Gasteiger partial charge in [-0.3, -0.25) is 9.59 Å². The van der Waals surface area contributed by atoms with E-state index in [-0.39, 0.29) is 31.9 Å². The molecule has 23 heavy (non-hydrogen) atoms. The second-order valence-corrected chi connectivity index (χ2v) is 6.25. The van der Waals surface area contributed by atoms with Crippen molar-refractivity contribution in [3.63, 3.8) is 0 Å². The van der Waals surface area contributed by atoms with E-state index < -0.39 is 30.6 Å². The number of likely N-dealkylation sites (tertiary alicyclic amines) is 1. The van der Waals surface area contributed by atoms with Crippen LogP contribution in [0, 0.1) is 5.92 Å². The second kappa shape index (κ2) is 7.58. The molecule has 2 aliphatic rings. The highest BCUT2D eigenvalue weighted by Crippen LogP contribution is 2.31. The number of carbonyl (C=O) groups is 2. The Morgan fingerprint density at radius 1 is 1.43 bits per heavy atom. The van der Waals surface area contributed by atoms with Gasteiger partial charge in [0.15, 0.2) is 0 Å². The van der Waals surface area contributed by atoms with Crippen LogP contribution in [0.1, 0.15) is 12.8 Å². The van der Waals surface area contributed by atoms with Gasteiger partial charge in [-0.25, -0.2) is 0 Å². The van der Waals surface area contributed by atoms with Gasteiger partial charge in [-0.05, 0) is 12.7 Å². The third kappa shape index (κ3) is 4.21. The first-order chi connectivity index (χ1) is 10.8. The lowest BCUT2D eigenvalue weighted by Crippen LogP contribution is -2.56. The van der Waals surface area contributed by atoms with Gasteiger partial charge < -0.3 is 35.8 Å². The Morgan fingerprint density at radius 2 is 2.17 bits per heavy atom. The predicted octanol–water partition coefficient (Wildman–Crippen LogP) is -2.53. The van der Waals surface area contributed by atoms with E-state index in [0.717, 1.165) is 0 Å². The lowest BCUT2D eigenvalue weighted by Gasteiger charge is -2.28. The average Bonchev–Trinajstić information content (AvgIpc) is 2.86. The van der Waals surface area contributed by atoms with E-state index in [1.165, 1.54) is 4.90 Å². The zero-order valence-electron chi connectivity index (χ0n) is 13.0. The zero-order chi connectivity index (χ0) is 17.0. The summed E-state index contributed by atoms with van der Waals surface area (Å²) >= 11 is 0. The van der Waals surface area contributed by atoms with E-state index in [1.807, 2.05) is 0 Å². The monoisotopic (exact) mass is 329 g/mol. The summed E-state index contributed by atoms with van der Waals surface area (Å²) in [6.45, 7) is 1.59. The number of aliphatic carboxylic acids is 1. The van der Waals surface area contributed by atoms with Crippen molar-refractivity contribution in [2.24, 2.45) is 11.7 Å². The zero-order valence-corrected chi connectivity index (χ0v) is 13.0. The minimum absolute atomic E-state index is 0.0499. The quantitative estimate of drug-likeness (QED) is 0.335. The van der Waals surface area contributed by atoms with E-state index >= 15 is 0 Å². The Bertz CT molecular complexity index is 445. The van der Waals surface area contributed by atoms with Gasteiger partial charge in [0.05, 0.1) is 13.2 Å². The first-order valence-corrected chi connectivity index (χ1v) is 7.83. The molecule has 130 valence electrons. The molecule has 2 fully saturated rings. The summed E-state index contributed by atoms with van der Waals surface area (Å²) in [4.78, 5) is 25.5. The van der Waals surface area contributed by atoms with Crippen LogP contribution in [-0.4, -0.2) is 83.5 Å². The van der Waals surface area contributed by atoms with Gasteiger partial charge in [0.25, 0.3) is 0 Å². The number of carboxylic acid groups (broad SMARTS) is 1. The van der Waals surface area contributed by atoms with Crippen LogP contribution >= 0.6 is 0 Å². The maximum Gasteiger partial charge on any atom is 0.451 e. The summed E-state index contributed by atoms with van der Waals surface area (Å²) in [5, 5.41) is 30.3. The number of morpholine rings is 1. The lowest BCUT2D eigenvalue weighted by atomic mass is 9.78. The fraction of sp³-hybridized carbons (Fsp3) is 0.846. The standard InChI is InChI=1S/C13H24BN3O6/c15-13(12(19)20)8-17(6-9(13)2-1-3-14(21)22)11(18)10-7-23-5-4-16-10/h9-10,16,21-22H,1-8,15H2,(H,19,20)/t9-,10-,13-/m0/s1. The molecule has 2 heterocycles. The molecule has 2 saturated heterocycles. The molecular weight excluding hydrogens is 305 g/mol. The van der Waals surface area contributed by atoms with Gasteiger partial charge in [0.1, 0.15) is 11.6 Å². The molecule has 6 N–H and O–H groups in total. The SMILES string of the molecule is N[C@@]1(C(=O)O)CN(C(=O)[C@@H]2COCCN2)C[C@@H]1CCCB(O)O. The summed E-state index contributed by atoms with van der Waals surface area (Å²) in [6, 6.07) is -0.472. The molecule has 0 saturated carbocycles. The van der Waals surface area contributed by atoms with E-state index in [2.05, 4.69) is 5.32 Å². The van der Waals surface area contributed by atoms with Crippen molar-refractivity contribution in [2.75, 3.05) is 32.8 Å². The topological polar surface area (TPSA) is 145 Å². The number of ether oxygens (including phenoxy) is 1. The van der Waals surface area contributed by atoms with Gasteiger partial charge in [-0.2, -0.15) is 0 Å². The van der Waals surface area contributed by atoms with Crippen molar-refractivity contribution in [3.05, 3.63) is 0 Å². The summed E-state index contributed by atoms with van der Waals surface area (Å²) in [7, 11) is -1.42. The smallest absolute Gasteiger partial charge is 0.451 e. The van der Waals surface area contributed by atoms with Crippen molar-refractivity contribution in [2.45, 2.75) is 30.7 Å². The number of hydrogen-bond donors (Lipinski definition) is 5. The van der Waals surface area contributed by atoms with E-state index in [0.29, 0.717) is 26.0 Å². The molecule has 9 nitrogen and oxygen atoms in total. The summed E-state index contributed by atoms with van der Waals surface area (Å²) in [5.74, 6) is -1.77. The van der Waals surface area contributed by atoms with Crippen LogP contribution in [0.4, 0.5) is 0 Å². The molecule has 0 aromatic carbocycles. The van der Waals surface area contributed by atoms with Crippen molar-refractivity contribution in [1.82, 2.24) is 10.2 Å². The van der Waals surface area contributed by atoms with Crippen molar-refractivity contribution >= 4 is 19.0 Å². The van der Waals surface area contributed by atoms with Crippen LogP contribution in [0.15, 0.2) is 0 Å². The largest absolute Gasteiger partial charge is 0.480 e. The average molecular weight is 329 g/mol. The third-order valence-electron chi connectivity index (χ3n) is 4.57. The predicted molar refractivity (Wildman–Crippen MR) is 81.5 cm³/mol. The Balaban J connectivity index is 2.00. The van der Waals surface area contributed by atoms with Gasteiger partial charge in [0.2, 0.25) is 5.91 Å². The summed E-state index contributed by atoms with van der Waals surface area (Å²) in [5.41, 5.74) is 4.54. The van der Waals surface area contributed by atoms with Crippen molar-refractivity contribution < 1.29 is 29.5 Å². The summed E-state index contributed by atoms with van der Waals surface area (Å²) < 4.78 is 5.27. The highest BCUT2D eigenvalue weighted by molar-refractivity contribution is 6.40. The number of amides is 1. The van der Waals surface area contributed by atoms with Gasteiger partial charge in [-0.15, -0.1) is 0 Å². The van der Waals surface area contributed by atoms with Crippen LogP contribution in [0.5, 0.6) is 0 Å². The van der Waals surface area contributed by atoms with E-state index in [4.69, 9.17) is 20.5 Å². The molecule has 2 rings (SSSR count). The molecule has 0 spiro atoms. The molecule has 0 aromatic rings. The van der Waals surface area contributed by atoms with Crippen molar-refractivity contribution in [3.8, 4) is 0 Å². The molecular formula is C13H24BN3O6. The third-order valence-corrected chi connectivity index (χ3v) is 4.57. The number of nitrogens with zero attached hydrogens (tertiary/aromatic N) is 1. The molecule has 2 aliphatic heterocycles. The normalized spacial score (nSPS) is 31.2. The molecule has 0 unspecified atom stereocenters. The van der Waals surface area contributed by atoms with E-state index in [1.54, 1.807) is 0 Å². The molecule has 0 aliphatic carbocycles. The minimum atomic E-state index is -1.51. The maximum atomic E-state index is 12.5. The van der Waals surface area contributed by atoms with Crippen LogP contribution in [0.2, 0.25) is 6.32 Å². The highest BCUT2D eigenvalue weighted by atomic mass is 16.5. The Labute approximate surface area is 134 Å². The number of nitrogens with one attached hydrogen (secondary N) is 1. The molecule has 0 bridgehead atoms. The Hall–Kier alpha value is -1.20. The van der Waals surface area contributed by atoms with Crippen LogP contribution in [0.25, 0.3) is 0 Å². The van der Waals surface area contributed by atoms with Gasteiger partial charge in [0, 0.05) is 25.6 Å². The fourth-order valence-electron chi connectivity index (χ4n) is 3.19. The molecule has 0 radical (unpaired) electrons. The molecule has 10 heteroatoms. The first kappa shape index (κ1) is 18.1. The van der Waals surface area contributed by atoms with E-state index in [9.17, 15) is 14.7 Å². The van der Waals surface area contributed by atoms with Gasteiger partial charge in [-0.1, -0.05) is 6.42 Å². The number of rotatable bonds is 6. The minimum Gasteiger partial charge on any atom is -0.480 e. The highest BCUT2D eigenvalue weighted by Gasteiger charge is 2.51. The summed E-state index contributed by atoms with van der Waals surface area (Å²) in [6.07, 6.45) is 0.998. The second-order valence-electron chi connectivity index (χ2n) is 6.25. The molecule has 1 amide bonds. The van der Waals surface area contributed by atoms with Crippen molar-refractivity contribution in [1.29, 1.82) is 0 Å². The molecule has 3 atom stereocenters. The Morgan fingerprint density at radius 3 is 2.74 bits per heavy atom. The van der Waals surface area contributed by atoms with Crippen LogP contribution in [-0.2, 0) is 14.3 Å². The molecule has 0 aromatic heterocycles. The van der Waals surface area contributed by atoms with Gasteiger partial charge >= 0.3 is 13.1 Å². The van der Waals surface area contributed by atoms with Crippen LogP contribution < -0.4 is 11.1 Å². The number of nitrogens with two attached hydrogens (primary N) is 1. The number of hydrogen-bond acceptors (Lipinski definition) is 7. The fourth-order valence-corrected chi connectivity index (χ4v) is 3.19. The Kier molecular flexibility index (Phi) is 5.98. The number of carboxylic acids is 1. The van der Waals surface area contributed by atoms with Crippen LogP contribution in [0.3, 0.4) is 0 Å². The first-order valence-electron chi connectivity index (χ1n) is 7.83. The maximum absolute atomic E-state index is 12.5. The lowest BCUT2D eigenvalue weighted by molar-refractivity contribution is -0.144. The number of carbonyl (C=O) groups excluding carboxylic acids is 1.